The molecule has 2 N–H and O–H groups in total. The SMILES string of the molecule is CC.CC(C)c1cn(C)c2ncnc(N)c12. The molecule has 0 fully saturated rings. The van der Waals surface area contributed by atoms with Crippen molar-refractivity contribution in [3.05, 3.63) is 18.1 Å². The Morgan fingerprint density at radius 1 is 1.25 bits per heavy atom. The molecule has 88 valence electrons. The molecule has 0 amide bonds. The van der Waals surface area contributed by atoms with E-state index in [-0.39, 0.29) is 0 Å². The molecule has 0 aliphatic carbocycles. The lowest BCUT2D eigenvalue weighted by molar-refractivity contribution is 0.855. The van der Waals surface area contributed by atoms with E-state index in [1.165, 1.54) is 11.9 Å². The number of nitrogens with two attached hydrogens (primary N) is 1. The van der Waals surface area contributed by atoms with E-state index in [0.29, 0.717) is 11.7 Å². The van der Waals surface area contributed by atoms with Crippen molar-refractivity contribution in [2.75, 3.05) is 5.73 Å². The van der Waals surface area contributed by atoms with E-state index < -0.39 is 0 Å². The highest BCUT2D eigenvalue weighted by Gasteiger charge is 2.13. The number of nitrogen functional groups attached to an aromatic ring is 1. The van der Waals surface area contributed by atoms with Gasteiger partial charge in [-0.05, 0) is 11.5 Å². The van der Waals surface area contributed by atoms with Gasteiger partial charge in [-0.1, -0.05) is 27.7 Å². The van der Waals surface area contributed by atoms with Gasteiger partial charge < -0.3 is 10.3 Å². The molecule has 0 atom stereocenters. The summed E-state index contributed by atoms with van der Waals surface area (Å²) in [5.41, 5.74) is 7.96. The average Bonchev–Trinajstić information content (AvgIpc) is 2.61. The summed E-state index contributed by atoms with van der Waals surface area (Å²) in [5.74, 6) is 1.01. The summed E-state index contributed by atoms with van der Waals surface area (Å²) in [5, 5.41) is 0.991. The van der Waals surface area contributed by atoms with E-state index in [2.05, 4.69) is 30.0 Å². The van der Waals surface area contributed by atoms with E-state index in [1.54, 1.807) is 0 Å². The van der Waals surface area contributed by atoms with Gasteiger partial charge in [0.15, 0.2) is 0 Å². The second-order valence-electron chi connectivity index (χ2n) is 3.81. The number of aryl methyl sites for hydroxylation is 1. The molecule has 0 aliphatic rings. The van der Waals surface area contributed by atoms with Gasteiger partial charge in [0.05, 0.1) is 5.39 Å². The first-order chi connectivity index (χ1) is 7.61. The molecule has 0 unspecified atom stereocenters. The number of aromatic nitrogens is 3. The Hall–Kier alpha value is -1.58. The molecular weight excluding hydrogens is 200 g/mol. The number of hydrogen-bond donors (Lipinski definition) is 1. The third-order valence-corrected chi connectivity index (χ3v) is 2.43. The average molecular weight is 220 g/mol. The predicted octanol–water partition coefficient (Wildman–Crippen LogP) is 2.70. The minimum absolute atomic E-state index is 0.437. The van der Waals surface area contributed by atoms with Crippen LogP contribution in [0.25, 0.3) is 11.0 Å². The van der Waals surface area contributed by atoms with Crippen LogP contribution >= 0.6 is 0 Å². The second kappa shape index (κ2) is 4.96. The molecule has 0 bridgehead atoms. The van der Waals surface area contributed by atoms with Crippen molar-refractivity contribution in [1.82, 2.24) is 14.5 Å². The van der Waals surface area contributed by atoms with Crippen LogP contribution in [0.3, 0.4) is 0 Å². The third-order valence-electron chi connectivity index (χ3n) is 2.43. The summed E-state index contributed by atoms with van der Waals surface area (Å²) in [6.45, 7) is 8.28. The number of fused-ring (bicyclic) bond motifs is 1. The van der Waals surface area contributed by atoms with E-state index in [0.717, 1.165) is 11.0 Å². The Balaban J connectivity index is 0.000000606. The van der Waals surface area contributed by atoms with Gasteiger partial charge in [0.1, 0.15) is 17.8 Å². The standard InChI is InChI=1S/C10H14N4.C2H6/c1-6(2)7-4-14(3)10-8(7)9(11)12-5-13-10;1-2/h4-6H,1-3H3,(H2,11,12,13);1-2H3. The summed E-state index contributed by atoms with van der Waals surface area (Å²) in [4.78, 5) is 8.23. The van der Waals surface area contributed by atoms with Gasteiger partial charge in [-0.2, -0.15) is 0 Å². The van der Waals surface area contributed by atoms with Gasteiger partial charge in [-0.3, -0.25) is 0 Å². The van der Waals surface area contributed by atoms with Crippen LogP contribution < -0.4 is 5.73 Å². The van der Waals surface area contributed by atoms with Gasteiger partial charge in [0, 0.05) is 13.2 Å². The van der Waals surface area contributed by atoms with Crippen molar-refractivity contribution >= 4 is 16.9 Å². The number of rotatable bonds is 1. The molecule has 2 heterocycles. The van der Waals surface area contributed by atoms with Crippen LogP contribution in [-0.2, 0) is 7.05 Å². The van der Waals surface area contributed by atoms with Gasteiger partial charge >= 0.3 is 0 Å². The zero-order chi connectivity index (χ0) is 12.3. The Bertz CT molecular complexity index is 471. The Labute approximate surface area is 96.5 Å². The minimum atomic E-state index is 0.437. The first-order valence-electron chi connectivity index (χ1n) is 5.66. The lowest BCUT2D eigenvalue weighted by Gasteiger charge is -2.02. The Morgan fingerprint density at radius 3 is 2.44 bits per heavy atom. The molecule has 2 rings (SSSR count). The molecule has 0 spiro atoms. The molecule has 0 saturated carbocycles. The molecule has 2 aromatic rings. The van der Waals surface area contributed by atoms with E-state index in [1.807, 2.05) is 25.5 Å². The van der Waals surface area contributed by atoms with Gasteiger partial charge in [-0.25, -0.2) is 9.97 Å². The fourth-order valence-electron chi connectivity index (χ4n) is 1.71. The maximum Gasteiger partial charge on any atom is 0.145 e. The zero-order valence-electron chi connectivity index (χ0n) is 10.7. The number of hydrogen-bond acceptors (Lipinski definition) is 3. The highest BCUT2D eigenvalue weighted by Crippen LogP contribution is 2.28. The van der Waals surface area contributed by atoms with Crippen molar-refractivity contribution in [2.45, 2.75) is 33.6 Å². The highest BCUT2D eigenvalue weighted by molar-refractivity contribution is 5.90. The molecule has 16 heavy (non-hydrogen) atoms. The van der Waals surface area contributed by atoms with Gasteiger partial charge in [0.2, 0.25) is 0 Å². The van der Waals surface area contributed by atoms with E-state index in [9.17, 15) is 0 Å². The molecule has 0 aliphatic heterocycles. The zero-order valence-corrected chi connectivity index (χ0v) is 10.7. The maximum atomic E-state index is 5.84. The van der Waals surface area contributed by atoms with Crippen molar-refractivity contribution in [1.29, 1.82) is 0 Å². The first-order valence-corrected chi connectivity index (χ1v) is 5.66. The molecule has 4 nitrogen and oxygen atoms in total. The monoisotopic (exact) mass is 220 g/mol. The fraction of sp³-hybridized carbons (Fsp3) is 0.500. The highest BCUT2D eigenvalue weighted by atomic mass is 15.0. The van der Waals surface area contributed by atoms with Crippen LogP contribution in [0.2, 0.25) is 0 Å². The number of anilines is 1. The van der Waals surface area contributed by atoms with Crippen molar-refractivity contribution in [3.8, 4) is 0 Å². The molecule has 4 heteroatoms. The van der Waals surface area contributed by atoms with Crippen molar-refractivity contribution < 1.29 is 0 Å². The molecule has 2 aromatic heterocycles. The topological polar surface area (TPSA) is 56.7 Å². The van der Waals surface area contributed by atoms with Crippen molar-refractivity contribution in [2.24, 2.45) is 7.05 Å². The maximum absolute atomic E-state index is 5.84. The van der Waals surface area contributed by atoms with Crippen LogP contribution in [0.15, 0.2) is 12.5 Å². The molecule has 0 aromatic carbocycles. The summed E-state index contributed by atoms with van der Waals surface area (Å²) in [7, 11) is 1.97. The molecular formula is C12H20N4. The predicted molar refractivity (Wildman–Crippen MR) is 68.4 cm³/mol. The van der Waals surface area contributed by atoms with Gasteiger partial charge in [-0.15, -0.1) is 0 Å². The summed E-state index contributed by atoms with van der Waals surface area (Å²) >= 11 is 0. The smallest absolute Gasteiger partial charge is 0.145 e. The van der Waals surface area contributed by atoms with Crippen LogP contribution in [0.1, 0.15) is 39.2 Å². The normalized spacial score (nSPS) is 10.4. The summed E-state index contributed by atoms with van der Waals surface area (Å²) in [6.07, 6.45) is 3.57. The van der Waals surface area contributed by atoms with Crippen molar-refractivity contribution in [3.63, 3.8) is 0 Å². The summed E-state index contributed by atoms with van der Waals surface area (Å²) in [6, 6.07) is 0. The number of nitrogens with zero attached hydrogens (tertiary/aromatic N) is 3. The lowest BCUT2D eigenvalue weighted by Crippen LogP contribution is -1.95. The fourth-order valence-corrected chi connectivity index (χ4v) is 1.71. The minimum Gasteiger partial charge on any atom is -0.383 e. The molecule has 0 radical (unpaired) electrons. The third kappa shape index (κ3) is 2.01. The first kappa shape index (κ1) is 12.5. The quantitative estimate of drug-likeness (QED) is 0.804. The Kier molecular flexibility index (Phi) is 3.88. The Morgan fingerprint density at radius 2 is 1.88 bits per heavy atom. The largest absolute Gasteiger partial charge is 0.383 e. The van der Waals surface area contributed by atoms with Crippen LogP contribution in [0, 0.1) is 0 Å². The van der Waals surface area contributed by atoms with Crippen LogP contribution in [0.4, 0.5) is 5.82 Å². The van der Waals surface area contributed by atoms with Crippen LogP contribution in [-0.4, -0.2) is 14.5 Å². The molecule has 0 saturated heterocycles. The summed E-state index contributed by atoms with van der Waals surface area (Å²) < 4.78 is 1.99. The van der Waals surface area contributed by atoms with E-state index >= 15 is 0 Å². The van der Waals surface area contributed by atoms with Gasteiger partial charge in [0.25, 0.3) is 0 Å². The van der Waals surface area contributed by atoms with Crippen LogP contribution in [0.5, 0.6) is 0 Å². The van der Waals surface area contributed by atoms with E-state index in [4.69, 9.17) is 5.73 Å². The lowest BCUT2D eigenvalue weighted by atomic mass is 10.0. The second-order valence-corrected chi connectivity index (χ2v) is 3.81.